The van der Waals surface area contributed by atoms with Crippen LogP contribution in [0.25, 0.3) is 11.0 Å². The van der Waals surface area contributed by atoms with Crippen molar-refractivity contribution in [3.63, 3.8) is 0 Å². The minimum absolute atomic E-state index is 0.645. The third kappa shape index (κ3) is 2.39. The largest absolute Gasteiger partial charge is 0.328 e. The Morgan fingerprint density at radius 3 is 2.94 bits per heavy atom. The number of halogens is 1. The third-order valence-electron chi connectivity index (χ3n) is 3.76. The number of imidazole rings is 1. The van der Waals surface area contributed by atoms with Crippen molar-refractivity contribution in [2.24, 2.45) is 5.92 Å². The lowest BCUT2D eigenvalue weighted by Crippen LogP contribution is -2.05. The Kier molecular flexibility index (Phi) is 3.29. The monoisotopic (exact) mass is 262 g/mol. The molecule has 1 aliphatic carbocycles. The number of alkyl halides is 1. The van der Waals surface area contributed by atoms with E-state index in [1.54, 1.807) is 0 Å². The fraction of sp³-hybridized carbons (Fsp3) is 0.533. The van der Waals surface area contributed by atoms with Gasteiger partial charge in [-0.2, -0.15) is 0 Å². The van der Waals surface area contributed by atoms with Crippen LogP contribution in [0.2, 0.25) is 0 Å². The molecule has 0 spiro atoms. The quantitative estimate of drug-likeness (QED) is 0.747. The molecule has 0 amide bonds. The number of hydrogen-bond acceptors (Lipinski definition) is 1. The molecule has 1 fully saturated rings. The van der Waals surface area contributed by atoms with E-state index in [9.17, 15) is 0 Å². The van der Waals surface area contributed by atoms with Crippen molar-refractivity contribution < 1.29 is 0 Å². The van der Waals surface area contributed by atoms with E-state index in [0.29, 0.717) is 5.88 Å². The van der Waals surface area contributed by atoms with Crippen LogP contribution in [-0.2, 0) is 13.0 Å². The minimum atomic E-state index is 0.645. The summed E-state index contributed by atoms with van der Waals surface area (Å²) in [5.74, 6) is 2.74. The number of aryl methyl sites for hydroxylation is 3. The third-order valence-corrected chi connectivity index (χ3v) is 3.95. The molecule has 0 unspecified atom stereocenters. The maximum absolute atomic E-state index is 5.89. The highest BCUT2D eigenvalue weighted by molar-refractivity contribution is 6.17. The highest BCUT2D eigenvalue weighted by Crippen LogP contribution is 2.33. The Balaban J connectivity index is 1.97. The minimum Gasteiger partial charge on any atom is -0.328 e. The van der Waals surface area contributed by atoms with E-state index in [1.807, 2.05) is 0 Å². The Hall–Kier alpha value is -1.02. The van der Waals surface area contributed by atoms with Gasteiger partial charge in [0, 0.05) is 18.8 Å². The predicted molar refractivity (Wildman–Crippen MR) is 76.2 cm³/mol. The van der Waals surface area contributed by atoms with Crippen LogP contribution in [0.15, 0.2) is 18.2 Å². The Labute approximate surface area is 113 Å². The zero-order valence-corrected chi connectivity index (χ0v) is 11.6. The molecule has 0 N–H and O–H groups in total. The van der Waals surface area contributed by atoms with Crippen LogP contribution < -0.4 is 0 Å². The van der Waals surface area contributed by atoms with Gasteiger partial charge in [-0.05, 0) is 37.0 Å². The van der Waals surface area contributed by atoms with Crippen molar-refractivity contribution >= 4 is 22.6 Å². The van der Waals surface area contributed by atoms with E-state index in [4.69, 9.17) is 16.6 Å². The molecule has 1 aromatic carbocycles. The number of aromatic nitrogens is 2. The second-order valence-electron chi connectivity index (χ2n) is 5.34. The first-order chi connectivity index (χ1) is 8.78. The molecule has 0 atom stereocenters. The molecule has 1 aromatic heterocycles. The van der Waals surface area contributed by atoms with E-state index >= 15 is 0 Å². The zero-order chi connectivity index (χ0) is 12.5. The Morgan fingerprint density at radius 2 is 2.22 bits per heavy atom. The molecule has 1 saturated carbocycles. The highest BCUT2D eigenvalue weighted by atomic mass is 35.5. The topological polar surface area (TPSA) is 17.8 Å². The number of benzene rings is 1. The van der Waals surface area contributed by atoms with E-state index in [0.717, 1.165) is 30.2 Å². The lowest BCUT2D eigenvalue weighted by molar-refractivity contribution is 0.588. The first-order valence-corrected chi connectivity index (χ1v) is 7.33. The van der Waals surface area contributed by atoms with Gasteiger partial charge >= 0.3 is 0 Å². The second kappa shape index (κ2) is 4.93. The molecule has 1 heterocycles. The summed E-state index contributed by atoms with van der Waals surface area (Å²) in [6.07, 6.45) is 4.97. The molecule has 18 heavy (non-hydrogen) atoms. The first-order valence-electron chi connectivity index (χ1n) is 6.79. The van der Waals surface area contributed by atoms with E-state index < -0.39 is 0 Å². The average Bonchev–Trinajstić information content (AvgIpc) is 3.10. The molecule has 3 heteroatoms. The fourth-order valence-corrected chi connectivity index (χ4v) is 2.70. The second-order valence-corrected chi connectivity index (χ2v) is 5.72. The molecular formula is C15H19ClN2. The van der Waals surface area contributed by atoms with Gasteiger partial charge in [-0.25, -0.2) is 4.98 Å². The molecule has 0 aliphatic heterocycles. The summed E-state index contributed by atoms with van der Waals surface area (Å²) in [4.78, 5) is 4.74. The van der Waals surface area contributed by atoms with Gasteiger partial charge in [-0.1, -0.05) is 18.9 Å². The molecule has 0 bridgehead atoms. The van der Waals surface area contributed by atoms with Crippen molar-refractivity contribution in [3.05, 3.63) is 29.6 Å². The molecule has 2 aromatic rings. The van der Waals surface area contributed by atoms with Crippen LogP contribution in [-0.4, -0.2) is 15.4 Å². The number of rotatable bonds is 5. The SMILES string of the molecule is Cc1ccc2c(c1)nc(CCCl)n2CCC1CC1. The van der Waals surface area contributed by atoms with Crippen molar-refractivity contribution in [1.82, 2.24) is 9.55 Å². The molecule has 0 radical (unpaired) electrons. The molecule has 2 nitrogen and oxygen atoms in total. The summed E-state index contributed by atoms with van der Waals surface area (Å²) in [7, 11) is 0. The maximum atomic E-state index is 5.89. The number of nitrogens with zero attached hydrogens (tertiary/aromatic N) is 2. The van der Waals surface area contributed by atoms with Crippen LogP contribution >= 0.6 is 11.6 Å². The lowest BCUT2D eigenvalue weighted by Gasteiger charge is -2.07. The van der Waals surface area contributed by atoms with Crippen LogP contribution in [0, 0.1) is 12.8 Å². The standard InChI is InChI=1S/C15H19ClN2/c1-11-2-5-14-13(10-11)17-15(6-8-16)18(14)9-7-12-3-4-12/h2,5,10,12H,3-4,6-9H2,1H3. The average molecular weight is 263 g/mol. The Morgan fingerprint density at radius 1 is 1.39 bits per heavy atom. The molecule has 96 valence electrons. The van der Waals surface area contributed by atoms with Gasteiger partial charge in [0.2, 0.25) is 0 Å². The zero-order valence-electron chi connectivity index (χ0n) is 10.8. The summed E-state index contributed by atoms with van der Waals surface area (Å²) >= 11 is 5.89. The van der Waals surface area contributed by atoms with Crippen LogP contribution in [0.1, 0.15) is 30.7 Å². The summed E-state index contributed by atoms with van der Waals surface area (Å²) in [6.45, 7) is 3.21. The van der Waals surface area contributed by atoms with Gasteiger partial charge in [0.25, 0.3) is 0 Å². The summed E-state index contributed by atoms with van der Waals surface area (Å²) in [6, 6.07) is 6.53. The van der Waals surface area contributed by atoms with Crippen molar-refractivity contribution in [2.45, 2.75) is 39.2 Å². The van der Waals surface area contributed by atoms with E-state index in [1.165, 1.54) is 30.3 Å². The summed E-state index contributed by atoms with van der Waals surface area (Å²) < 4.78 is 2.37. The summed E-state index contributed by atoms with van der Waals surface area (Å²) in [5.41, 5.74) is 3.65. The van der Waals surface area contributed by atoms with Crippen LogP contribution in [0.4, 0.5) is 0 Å². The normalized spacial score (nSPS) is 15.4. The highest BCUT2D eigenvalue weighted by Gasteiger charge is 2.21. The van der Waals surface area contributed by atoms with Crippen LogP contribution in [0.3, 0.4) is 0 Å². The van der Waals surface area contributed by atoms with Crippen molar-refractivity contribution in [2.75, 3.05) is 5.88 Å². The first kappa shape index (κ1) is 12.0. The summed E-state index contributed by atoms with van der Waals surface area (Å²) in [5, 5.41) is 0. The smallest absolute Gasteiger partial charge is 0.111 e. The molecule has 0 saturated heterocycles. The Bertz CT molecular complexity index is 555. The number of hydrogen-bond donors (Lipinski definition) is 0. The molecular weight excluding hydrogens is 244 g/mol. The van der Waals surface area contributed by atoms with Crippen molar-refractivity contribution in [1.29, 1.82) is 0 Å². The van der Waals surface area contributed by atoms with Gasteiger partial charge < -0.3 is 4.57 Å². The van der Waals surface area contributed by atoms with Crippen LogP contribution in [0.5, 0.6) is 0 Å². The molecule has 1 aliphatic rings. The van der Waals surface area contributed by atoms with Gasteiger partial charge in [0.15, 0.2) is 0 Å². The van der Waals surface area contributed by atoms with Gasteiger partial charge in [-0.15, -0.1) is 11.6 Å². The van der Waals surface area contributed by atoms with Gasteiger partial charge in [-0.3, -0.25) is 0 Å². The predicted octanol–water partition coefficient (Wildman–Crippen LogP) is 3.93. The van der Waals surface area contributed by atoms with Gasteiger partial charge in [0.1, 0.15) is 5.82 Å². The van der Waals surface area contributed by atoms with E-state index in [2.05, 4.69) is 29.7 Å². The van der Waals surface area contributed by atoms with Gasteiger partial charge in [0.05, 0.1) is 11.0 Å². The van der Waals surface area contributed by atoms with E-state index in [-0.39, 0.29) is 0 Å². The maximum Gasteiger partial charge on any atom is 0.111 e. The lowest BCUT2D eigenvalue weighted by atomic mass is 10.2. The molecule has 3 rings (SSSR count). The van der Waals surface area contributed by atoms with Crippen molar-refractivity contribution in [3.8, 4) is 0 Å². The number of fused-ring (bicyclic) bond motifs is 1. The fourth-order valence-electron chi connectivity index (χ4n) is 2.53.